The van der Waals surface area contributed by atoms with Gasteiger partial charge >= 0.3 is 0 Å². The minimum absolute atomic E-state index is 0.00227. The molecular formula is C36H34FN7O4. The number of fused-ring (bicyclic) bond motifs is 4. The summed E-state index contributed by atoms with van der Waals surface area (Å²) in [6, 6.07) is 11.9. The number of hydrogen-bond acceptors (Lipinski definition) is 9. The number of benzene rings is 2. The molecule has 2 saturated heterocycles. The van der Waals surface area contributed by atoms with Gasteiger partial charge in [-0.1, -0.05) is 12.1 Å². The van der Waals surface area contributed by atoms with E-state index in [4.69, 9.17) is 24.1 Å². The van der Waals surface area contributed by atoms with Crippen LogP contribution in [0, 0.1) is 30.0 Å². The first kappa shape index (κ1) is 30.4. The second kappa shape index (κ2) is 12.2. The number of rotatable bonds is 7. The van der Waals surface area contributed by atoms with Crippen LogP contribution in [0.2, 0.25) is 0 Å². The van der Waals surface area contributed by atoms with Crippen LogP contribution in [0.25, 0.3) is 33.5 Å². The molecule has 1 unspecified atom stereocenters. The number of pyridine rings is 1. The van der Waals surface area contributed by atoms with Crippen molar-refractivity contribution < 1.29 is 23.1 Å². The quantitative estimate of drug-likeness (QED) is 0.210. The fourth-order valence-electron chi connectivity index (χ4n) is 7.34. The highest BCUT2D eigenvalue weighted by atomic mass is 19.1. The van der Waals surface area contributed by atoms with E-state index >= 15 is 0 Å². The van der Waals surface area contributed by atoms with Crippen LogP contribution in [0.3, 0.4) is 0 Å². The predicted octanol–water partition coefficient (Wildman–Crippen LogP) is 5.96. The van der Waals surface area contributed by atoms with Gasteiger partial charge in [-0.3, -0.25) is 14.5 Å². The van der Waals surface area contributed by atoms with Gasteiger partial charge in [0.15, 0.2) is 0 Å². The normalized spacial score (nSPS) is 18.6. The highest BCUT2D eigenvalue weighted by molar-refractivity contribution is 6.08. The zero-order valence-corrected chi connectivity index (χ0v) is 26.8. The van der Waals surface area contributed by atoms with Crippen molar-refractivity contribution in [1.29, 1.82) is 5.26 Å². The van der Waals surface area contributed by atoms with Crippen molar-refractivity contribution in [3.8, 4) is 28.7 Å². The lowest BCUT2D eigenvalue weighted by Crippen LogP contribution is -2.38. The summed E-state index contributed by atoms with van der Waals surface area (Å²) in [5, 5.41) is 23.3. The molecule has 8 rings (SSSR count). The van der Waals surface area contributed by atoms with E-state index in [1.54, 1.807) is 19.2 Å². The molecule has 5 aromatic rings. The van der Waals surface area contributed by atoms with Crippen LogP contribution in [0.1, 0.15) is 77.0 Å². The third-order valence-corrected chi connectivity index (χ3v) is 9.94. The Hall–Kier alpha value is -4.99. The molecule has 2 atom stereocenters. The standard InChI is InChI=1S/C36H34FN7O4/c1-20(23-4-5-25(17-38)27(37)16-23)44-29-8-6-24(15-26(29)18-39-44)31-32(35-42-41-21(2)48-35)28(7-3-22-9-12-46-13-10-22)40-34-30-19-47-14-11-43(30)36(45)33(31)34/h4-6,8,15-16,18,20,22,30H,3,7,9-14,19H2,1-2H3/t20?,30-/m0/s1. The van der Waals surface area contributed by atoms with Crippen molar-refractivity contribution in [1.82, 2.24) is 29.9 Å². The highest BCUT2D eigenvalue weighted by Crippen LogP contribution is 2.46. The molecule has 0 spiro atoms. The fraction of sp³-hybridized carbons (Fsp3) is 0.389. The van der Waals surface area contributed by atoms with Gasteiger partial charge in [0.2, 0.25) is 11.8 Å². The molecule has 1 amide bonds. The number of carbonyl (C=O) groups is 1. The number of ether oxygens (including phenoxy) is 2. The van der Waals surface area contributed by atoms with Crippen LogP contribution < -0.4 is 0 Å². The van der Waals surface area contributed by atoms with Gasteiger partial charge in [0.25, 0.3) is 5.91 Å². The molecule has 0 saturated carbocycles. The van der Waals surface area contributed by atoms with E-state index in [9.17, 15) is 9.18 Å². The molecule has 0 bridgehead atoms. The topological polar surface area (TPSA) is 132 Å². The van der Waals surface area contributed by atoms with Gasteiger partial charge in [-0.15, -0.1) is 10.2 Å². The second-order valence-electron chi connectivity index (χ2n) is 12.8. The van der Waals surface area contributed by atoms with Crippen LogP contribution in [0.4, 0.5) is 4.39 Å². The van der Waals surface area contributed by atoms with Crippen LogP contribution in [-0.4, -0.2) is 68.7 Å². The summed E-state index contributed by atoms with van der Waals surface area (Å²) in [7, 11) is 0. The second-order valence-corrected chi connectivity index (χ2v) is 12.8. The minimum Gasteiger partial charge on any atom is -0.421 e. The van der Waals surface area contributed by atoms with E-state index in [0.717, 1.165) is 65.9 Å². The number of nitriles is 1. The van der Waals surface area contributed by atoms with E-state index in [1.807, 2.05) is 40.8 Å². The van der Waals surface area contributed by atoms with E-state index in [2.05, 4.69) is 15.3 Å². The van der Waals surface area contributed by atoms with Gasteiger partial charge < -0.3 is 18.8 Å². The molecule has 3 aliphatic rings. The lowest BCUT2D eigenvalue weighted by molar-refractivity contribution is 0.00352. The fourth-order valence-corrected chi connectivity index (χ4v) is 7.34. The number of carbonyl (C=O) groups excluding carboxylic acids is 1. The van der Waals surface area contributed by atoms with Crippen LogP contribution in [0.15, 0.2) is 47.0 Å². The minimum atomic E-state index is -0.560. The molecule has 3 aliphatic heterocycles. The molecule has 0 aliphatic carbocycles. The van der Waals surface area contributed by atoms with Crippen LogP contribution in [-0.2, 0) is 15.9 Å². The summed E-state index contributed by atoms with van der Waals surface area (Å²) in [5.41, 5.74) is 5.85. The number of halogens is 1. The zero-order chi connectivity index (χ0) is 32.9. The first-order valence-electron chi connectivity index (χ1n) is 16.4. The van der Waals surface area contributed by atoms with Gasteiger partial charge in [0.1, 0.15) is 11.9 Å². The smallest absolute Gasteiger partial charge is 0.257 e. The Bertz CT molecular complexity index is 2090. The van der Waals surface area contributed by atoms with Crippen LogP contribution in [0.5, 0.6) is 0 Å². The molecule has 3 aromatic heterocycles. The summed E-state index contributed by atoms with van der Waals surface area (Å²) in [4.78, 5) is 21.3. The van der Waals surface area contributed by atoms with Gasteiger partial charge in [-0.05, 0) is 73.9 Å². The van der Waals surface area contributed by atoms with Crippen LogP contribution >= 0.6 is 0 Å². The van der Waals surface area contributed by atoms with Gasteiger partial charge in [-0.2, -0.15) is 10.4 Å². The molecule has 6 heterocycles. The van der Waals surface area contributed by atoms with Gasteiger partial charge in [0.05, 0.1) is 65.1 Å². The monoisotopic (exact) mass is 647 g/mol. The molecule has 0 radical (unpaired) electrons. The number of hydrogen-bond donors (Lipinski definition) is 0. The zero-order valence-electron chi connectivity index (χ0n) is 26.8. The lowest BCUT2D eigenvalue weighted by atomic mass is 9.88. The van der Waals surface area contributed by atoms with E-state index < -0.39 is 5.82 Å². The Labute approximate surface area is 276 Å². The van der Waals surface area contributed by atoms with Gasteiger partial charge in [0, 0.05) is 37.6 Å². The summed E-state index contributed by atoms with van der Waals surface area (Å²) in [6.07, 6.45) is 5.39. The molecule has 2 fully saturated rings. The van der Waals surface area contributed by atoms with Crippen molar-refractivity contribution >= 4 is 16.8 Å². The Kier molecular flexibility index (Phi) is 7.73. The molecule has 11 nitrogen and oxygen atoms in total. The Morgan fingerprint density at radius 1 is 1.06 bits per heavy atom. The number of nitrogens with zero attached hydrogens (tertiary/aromatic N) is 7. The van der Waals surface area contributed by atoms with Gasteiger partial charge in [-0.25, -0.2) is 4.39 Å². The number of amides is 1. The molecule has 48 heavy (non-hydrogen) atoms. The summed E-state index contributed by atoms with van der Waals surface area (Å²) >= 11 is 0. The molecule has 244 valence electrons. The Balaban J connectivity index is 1.28. The molecule has 12 heteroatoms. The molecule has 2 aromatic carbocycles. The van der Waals surface area contributed by atoms with E-state index in [0.29, 0.717) is 60.6 Å². The third-order valence-electron chi connectivity index (χ3n) is 9.94. The van der Waals surface area contributed by atoms with E-state index in [-0.39, 0.29) is 23.6 Å². The van der Waals surface area contributed by atoms with Crippen molar-refractivity contribution in [3.63, 3.8) is 0 Å². The summed E-state index contributed by atoms with van der Waals surface area (Å²) in [6.45, 7) is 6.58. The van der Waals surface area contributed by atoms with Crippen molar-refractivity contribution in [3.05, 3.63) is 82.4 Å². The molecular weight excluding hydrogens is 613 g/mol. The SMILES string of the molecule is Cc1nnc(-c2c(CCC3CCOCC3)nc3c(c2-c2ccc4c(cnn4C(C)c4ccc(C#N)c(F)c4)c2)C(=O)N2CCOC[C@@H]32)o1. The summed E-state index contributed by atoms with van der Waals surface area (Å²) in [5.74, 6) is 0.630. The number of morpholine rings is 1. The summed E-state index contributed by atoms with van der Waals surface area (Å²) < 4.78 is 33.9. The Morgan fingerprint density at radius 2 is 1.92 bits per heavy atom. The molecule has 0 N–H and O–H groups in total. The number of aromatic nitrogens is 5. The maximum Gasteiger partial charge on any atom is 0.257 e. The predicted molar refractivity (Wildman–Crippen MR) is 172 cm³/mol. The first-order valence-corrected chi connectivity index (χ1v) is 16.4. The average Bonchev–Trinajstić information content (AvgIpc) is 3.82. The van der Waals surface area contributed by atoms with E-state index in [1.165, 1.54) is 12.1 Å². The largest absolute Gasteiger partial charge is 0.421 e. The Morgan fingerprint density at radius 3 is 2.69 bits per heavy atom. The lowest BCUT2D eigenvalue weighted by Gasteiger charge is -2.29. The van der Waals surface area contributed by atoms with Crippen molar-refractivity contribution in [2.75, 3.05) is 33.0 Å². The van der Waals surface area contributed by atoms with Crippen molar-refractivity contribution in [2.45, 2.75) is 51.6 Å². The number of aryl methyl sites for hydroxylation is 2. The maximum atomic E-state index is 14.5. The third kappa shape index (κ3) is 5.14. The van der Waals surface area contributed by atoms with Crippen molar-refractivity contribution in [2.24, 2.45) is 5.92 Å². The first-order chi connectivity index (χ1) is 23.4. The maximum absolute atomic E-state index is 14.5. The average molecular weight is 648 g/mol. The highest BCUT2D eigenvalue weighted by Gasteiger charge is 2.44.